The second-order valence-electron chi connectivity index (χ2n) is 4.96. The molecule has 1 N–H and O–H groups in total. The van der Waals surface area contributed by atoms with Crippen molar-refractivity contribution in [1.29, 1.82) is 0 Å². The Kier molecular flexibility index (Phi) is 4.51. The third kappa shape index (κ3) is 2.89. The second kappa shape index (κ2) is 5.83. The molecule has 1 aliphatic rings. The molecule has 2 rings (SSSR count). The predicted molar refractivity (Wildman–Crippen MR) is 77.7 cm³/mol. The number of carboxylic acid groups (broad SMARTS) is 1. The molecule has 0 aliphatic heterocycles. The van der Waals surface area contributed by atoms with Crippen LogP contribution in [0.2, 0.25) is 0 Å². The molecule has 0 saturated heterocycles. The summed E-state index contributed by atoms with van der Waals surface area (Å²) in [6, 6.07) is 2.84. The fourth-order valence-electron chi connectivity index (χ4n) is 2.35. The van der Waals surface area contributed by atoms with Crippen LogP contribution in [0.4, 0.5) is 0 Å². The molecule has 0 spiro atoms. The van der Waals surface area contributed by atoms with Gasteiger partial charge >= 0.3 is 5.97 Å². The largest absolute Gasteiger partial charge is 0.477 e. The Balaban J connectivity index is 2.37. The van der Waals surface area contributed by atoms with Gasteiger partial charge in [-0.25, -0.2) is 13.2 Å². The highest BCUT2D eigenvalue weighted by Gasteiger charge is 2.42. The van der Waals surface area contributed by atoms with E-state index in [-0.39, 0.29) is 21.2 Å². The molecule has 0 radical (unpaired) electrons. The lowest BCUT2D eigenvalue weighted by Crippen LogP contribution is -2.41. The summed E-state index contributed by atoms with van der Waals surface area (Å²) in [7, 11) is -3.59. The topological polar surface area (TPSA) is 74.7 Å². The summed E-state index contributed by atoms with van der Waals surface area (Å²) in [6.45, 7) is 3.96. The van der Waals surface area contributed by atoms with E-state index in [4.69, 9.17) is 5.11 Å². The first-order chi connectivity index (χ1) is 9.41. The number of nitrogens with zero attached hydrogens (tertiary/aromatic N) is 1. The van der Waals surface area contributed by atoms with Gasteiger partial charge in [0.25, 0.3) is 10.0 Å². The summed E-state index contributed by atoms with van der Waals surface area (Å²) in [5, 5.41) is 8.93. The van der Waals surface area contributed by atoms with Gasteiger partial charge in [-0.2, -0.15) is 4.31 Å². The Bertz CT molecular complexity index is 585. The third-order valence-corrected chi connectivity index (χ3v) is 7.08. The zero-order chi connectivity index (χ0) is 14.9. The number of thiophene rings is 1. The van der Waals surface area contributed by atoms with Crippen LogP contribution in [0, 0.1) is 0 Å². The summed E-state index contributed by atoms with van der Waals surface area (Å²) in [4.78, 5) is 11.0. The summed E-state index contributed by atoms with van der Waals surface area (Å²) in [5.41, 5.74) is 0. The SMILES string of the molecule is CCC(CC)N(C1CC1)S(=O)(=O)c1ccc(C(=O)O)s1. The fourth-order valence-corrected chi connectivity index (χ4v) is 5.61. The maximum absolute atomic E-state index is 12.8. The van der Waals surface area contributed by atoms with Gasteiger partial charge in [0.1, 0.15) is 9.09 Å². The standard InChI is InChI=1S/C13H19NO4S2/c1-3-9(4-2)14(10-5-6-10)20(17,18)12-8-7-11(19-12)13(15)16/h7-10H,3-6H2,1-2H3,(H,15,16). The van der Waals surface area contributed by atoms with E-state index in [0.717, 1.165) is 37.0 Å². The summed E-state index contributed by atoms with van der Waals surface area (Å²) < 4.78 is 27.2. The van der Waals surface area contributed by atoms with Crippen LogP contribution in [-0.4, -0.2) is 35.9 Å². The monoisotopic (exact) mass is 317 g/mol. The van der Waals surface area contributed by atoms with E-state index in [1.165, 1.54) is 12.1 Å². The molecule has 0 atom stereocenters. The van der Waals surface area contributed by atoms with Gasteiger partial charge in [0.15, 0.2) is 0 Å². The smallest absolute Gasteiger partial charge is 0.345 e. The van der Waals surface area contributed by atoms with E-state index in [1.807, 2.05) is 13.8 Å². The van der Waals surface area contributed by atoms with Crippen molar-refractivity contribution in [3.8, 4) is 0 Å². The Morgan fingerprint density at radius 3 is 2.40 bits per heavy atom. The zero-order valence-corrected chi connectivity index (χ0v) is 13.2. The maximum atomic E-state index is 12.8. The Morgan fingerprint density at radius 1 is 1.40 bits per heavy atom. The molecule has 1 fully saturated rings. The Hall–Kier alpha value is -0.920. The van der Waals surface area contributed by atoms with Crippen LogP contribution in [0.3, 0.4) is 0 Å². The number of carbonyl (C=O) groups is 1. The van der Waals surface area contributed by atoms with Gasteiger partial charge in [0.05, 0.1) is 0 Å². The normalized spacial score (nSPS) is 16.0. The van der Waals surface area contributed by atoms with Crippen molar-refractivity contribution in [2.75, 3.05) is 0 Å². The minimum atomic E-state index is -3.59. The number of hydrogen-bond donors (Lipinski definition) is 1. The molecule has 0 aromatic carbocycles. The van der Waals surface area contributed by atoms with E-state index < -0.39 is 16.0 Å². The number of carboxylic acids is 1. The van der Waals surface area contributed by atoms with Crippen molar-refractivity contribution in [1.82, 2.24) is 4.31 Å². The van der Waals surface area contributed by atoms with Crippen LogP contribution in [0.15, 0.2) is 16.3 Å². The maximum Gasteiger partial charge on any atom is 0.345 e. The number of hydrogen-bond acceptors (Lipinski definition) is 4. The molecule has 1 aliphatic carbocycles. The minimum Gasteiger partial charge on any atom is -0.477 e. The third-order valence-electron chi connectivity index (χ3n) is 3.53. The molecule has 1 aromatic heterocycles. The average Bonchev–Trinajstić information content (AvgIpc) is 3.07. The highest BCUT2D eigenvalue weighted by atomic mass is 32.2. The first-order valence-electron chi connectivity index (χ1n) is 6.78. The van der Waals surface area contributed by atoms with E-state index in [2.05, 4.69) is 0 Å². The lowest BCUT2D eigenvalue weighted by molar-refractivity contribution is 0.0702. The van der Waals surface area contributed by atoms with Gasteiger partial charge < -0.3 is 5.11 Å². The molecular weight excluding hydrogens is 298 g/mol. The number of sulfonamides is 1. The molecule has 7 heteroatoms. The van der Waals surface area contributed by atoms with Crippen LogP contribution in [0.5, 0.6) is 0 Å². The number of rotatable bonds is 7. The van der Waals surface area contributed by atoms with Gasteiger partial charge in [0.2, 0.25) is 0 Å². The second-order valence-corrected chi connectivity index (χ2v) is 8.11. The highest BCUT2D eigenvalue weighted by Crippen LogP contribution is 2.37. The van der Waals surface area contributed by atoms with Gasteiger partial charge in [-0.15, -0.1) is 11.3 Å². The molecule has 1 saturated carbocycles. The van der Waals surface area contributed by atoms with Gasteiger partial charge in [-0.3, -0.25) is 0 Å². The first-order valence-corrected chi connectivity index (χ1v) is 9.04. The fraction of sp³-hybridized carbons (Fsp3) is 0.615. The Labute approximate surface area is 123 Å². The highest BCUT2D eigenvalue weighted by molar-refractivity contribution is 7.91. The van der Waals surface area contributed by atoms with Gasteiger partial charge in [0, 0.05) is 12.1 Å². The van der Waals surface area contributed by atoms with Crippen molar-refractivity contribution in [3.05, 3.63) is 17.0 Å². The lowest BCUT2D eigenvalue weighted by atomic mass is 10.2. The molecule has 0 unspecified atom stereocenters. The van der Waals surface area contributed by atoms with Crippen molar-refractivity contribution >= 4 is 27.3 Å². The van der Waals surface area contributed by atoms with Crippen LogP contribution >= 0.6 is 11.3 Å². The van der Waals surface area contributed by atoms with Crippen LogP contribution in [0.25, 0.3) is 0 Å². The van der Waals surface area contributed by atoms with Crippen molar-refractivity contribution in [2.45, 2.75) is 55.8 Å². The first kappa shape index (κ1) is 15.5. The van der Waals surface area contributed by atoms with Crippen molar-refractivity contribution in [3.63, 3.8) is 0 Å². The van der Waals surface area contributed by atoms with E-state index in [9.17, 15) is 13.2 Å². The lowest BCUT2D eigenvalue weighted by Gasteiger charge is -2.29. The van der Waals surface area contributed by atoms with E-state index in [0.29, 0.717) is 0 Å². The quantitative estimate of drug-likeness (QED) is 0.839. The predicted octanol–water partition coefficient (Wildman–Crippen LogP) is 2.79. The van der Waals surface area contributed by atoms with Gasteiger partial charge in [-0.1, -0.05) is 13.8 Å². The van der Waals surface area contributed by atoms with Crippen LogP contribution in [-0.2, 0) is 10.0 Å². The summed E-state index contributed by atoms with van der Waals surface area (Å²) in [6.07, 6.45) is 3.33. The zero-order valence-electron chi connectivity index (χ0n) is 11.6. The Morgan fingerprint density at radius 2 is 2.00 bits per heavy atom. The average molecular weight is 317 g/mol. The number of aromatic carboxylic acids is 1. The van der Waals surface area contributed by atoms with E-state index >= 15 is 0 Å². The summed E-state index contributed by atoms with van der Waals surface area (Å²) in [5.74, 6) is -1.09. The molecule has 0 amide bonds. The minimum absolute atomic E-state index is 0.0112. The van der Waals surface area contributed by atoms with Crippen LogP contribution in [0.1, 0.15) is 49.2 Å². The molecule has 5 nitrogen and oxygen atoms in total. The van der Waals surface area contributed by atoms with Gasteiger partial charge in [-0.05, 0) is 37.8 Å². The molecule has 1 heterocycles. The molecular formula is C13H19NO4S2. The summed E-state index contributed by atoms with van der Waals surface area (Å²) >= 11 is 0.831. The van der Waals surface area contributed by atoms with E-state index in [1.54, 1.807) is 4.31 Å². The molecule has 112 valence electrons. The van der Waals surface area contributed by atoms with Crippen molar-refractivity contribution in [2.24, 2.45) is 0 Å². The van der Waals surface area contributed by atoms with Crippen molar-refractivity contribution < 1.29 is 18.3 Å². The molecule has 0 bridgehead atoms. The molecule has 1 aromatic rings. The van der Waals surface area contributed by atoms with Crippen LogP contribution < -0.4 is 0 Å². The molecule has 20 heavy (non-hydrogen) atoms.